The molecule has 17 heavy (non-hydrogen) atoms. The Morgan fingerprint density at radius 1 is 1.35 bits per heavy atom. The molecule has 0 aromatic carbocycles. The monoisotopic (exact) mass is 261 g/mol. The molecule has 0 spiro atoms. The van der Waals surface area contributed by atoms with Gasteiger partial charge in [0.1, 0.15) is 0 Å². The van der Waals surface area contributed by atoms with Crippen molar-refractivity contribution >= 4 is 30.2 Å². The van der Waals surface area contributed by atoms with E-state index >= 15 is 0 Å². The van der Waals surface area contributed by atoms with Crippen LogP contribution in [0.1, 0.15) is 33.1 Å². The van der Waals surface area contributed by atoms with Crippen LogP contribution in [0.3, 0.4) is 0 Å². The van der Waals surface area contributed by atoms with Gasteiger partial charge in [0.25, 0.3) is 0 Å². The maximum atomic E-state index is 10.5. The maximum absolute atomic E-state index is 10.5. The van der Waals surface area contributed by atoms with Crippen LogP contribution in [-0.4, -0.2) is 39.1 Å². The molecule has 0 unspecified atom stereocenters. The van der Waals surface area contributed by atoms with Crippen LogP contribution in [0, 0.1) is 5.92 Å². The summed E-state index contributed by atoms with van der Waals surface area (Å²) in [6, 6.07) is -0.712. The van der Waals surface area contributed by atoms with Gasteiger partial charge in [-0.3, -0.25) is 4.79 Å². The van der Waals surface area contributed by atoms with E-state index in [9.17, 15) is 14.8 Å². The number of hydrogen-bond acceptors (Lipinski definition) is 5. The van der Waals surface area contributed by atoms with E-state index < -0.39 is 19.1 Å². The Kier molecular flexibility index (Phi) is 7.53. The molecule has 0 amide bonds. The highest BCUT2D eigenvalue weighted by molar-refractivity contribution is 7.80. The van der Waals surface area contributed by atoms with E-state index in [4.69, 9.17) is 23.1 Å². The maximum Gasteiger partial charge on any atom is 0.455 e. The predicted octanol–water partition coefficient (Wildman–Crippen LogP) is 0.437. The van der Waals surface area contributed by atoms with Crippen molar-refractivity contribution in [3.8, 4) is 0 Å². The molecule has 0 saturated heterocycles. The summed E-state index contributed by atoms with van der Waals surface area (Å²) >= 11 is 5.03. The van der Waals surface area contributed by atoms with Gasteiger partial charge in [-0.1, -0.05) is 26.1 Å². The van der Waals surface area contributed by atoms with E-state index in [0.717, 1.165) is 0 Å². The predicted molar refractivity (Wildman–Crippen MR) is 70.8 cm³/mol. The highest BCUT2D eigenvalue weighted by atomic mass is 32.1. The standard InChI is InChI=1S/C10H20BNO4S/c1-6(2)3-7(11(15)16)4-9(17)8(12)5-10(13)14/h6-8,15-16H,3-5,12H2,1-2H3,(H,13,14)/t7-,8+/m1/s1. The van der Waals surface area contributed by atoms with Crippen LogP contribution in [-0.2, 0) is 4.79 Å². The van der Waals surface area contributed by atoms with Crippen molar-refractivity contribution < 1.29 is 19.9 Å². The molecule has 0 aromatic heterocycles. The van der Waals surface area contributed by atoms with Crippen molar-refractivity contribution in [2.45, 2.75) is 45.0 Å². The van der Waals surface area contributed by atoms with Gasteiger partial charge in [-0.15, -0.1) is 0 Å². The molecule has 0 rings (SSSR count). The molecule has 7 heteroatoms. The van der Waals surface area contributed by atoms with Gasteiger partial charge in [-0.25, -0.2) is 0 Å². The second-order valence-electron chi connectivity index (χ2n) is 4.68. The lowest BCUT2D eigenvalue weighted by molar-refractivity contribution is -0.137. The fourth-order valence-electron chi connectivity index (χ4n) is 1.63. The third kappa shape index (κ3) is 7.43. The zero-order valence-electron chi connectivity index (χ0n) is 10.2. The molecule has 0 bridgehead atoms. The lowest BCUT2D eigenvalue weighted by Crippen LogP contribution is -2.34. The van der Waals surface area contributed by atoms with Crippen LogP contribution >= 0.6 is 12.2 Å². The molecule has 2 atom stereocenters. The topological polar surface area (TPSA) is 104 Å². The van der Waals surface area contributed by atoms with Crippen LogP contribution < -0.4 is 5.73 Å². The van der Waals surface area contributed by atoms with E-state index in [2.05, 4.69) is 0 Å². The van der Waals surface area contributed by atoms with Gasteiger partial charge >= 0.3 is 13.1 Å². The van der Waals surface area contributed by atoms with E-state index in [1.54, 1.807) is 0 Å². The van der Waals surface area contributed by atoms with Crippen LogP contribution in [0.2, 0.25) is 5.82 Å². The zero-order valence-corrected chi connectivity index (χ0v) is 11.0. The second-order valence-corrected chi connectivity index (χ2v) is 5.20. The second kappa shape index (κ2) is 7.76. The normalized spacial score (nSPS) is 14.5. The highest BCUT2D eigenvalue weighted by Gasteiger charge is 2.27. The van der Waals surface area contributed by atoms with Gasteiger partial charge in [0.2, 0.25) is 0 Å². The highest BCUT2D eigenvalue weighted by Crippen LogP contribution is 2.24. The molecular formula is C10H20BNO4S. The molecule has 0 saturated carbocycles. The summed E-state index contributed by atoms with van der Waals surface area (Å²) in [6.07, 6.45) is 0.645. The number of carboxylic acids is 1. The van der Waals surface area contributed by atoms with Gasteiger partial charge in [0.15, 0.2) is 0 Å². The summed E-state index contributed by atoms with van der Waals surface area (Å²) in [4.78, 5) is 10.9. The molecule has 98 valence electrons. The van der Waals surface area contributed by atoms with Crippen molar-refractivity contribution in [1.29, 1.82) is 0 Å². The van der Waals surface area contributed by atoms with Crippen molar-refractivity contribution in [3.05, 3.63) is 0 Å². The van der Waals surface area contributed by atoms with Gasteiger partial charge in [-0.2, -0.15) is 0 Å². The Bertz CT molecular complexity index is 273. The molecule has 0 fully saturated rings. The average molecular weight is 261 g/mol. The fourth-order valence-corrected chi connectivity index (χ4v) is 1.93. The summed E-state index contributed by atoms with van der Waals surface area (Å²) < 4.78 is 0. The van der Waals surface area contributed by atoms with Crippen LogP contribution in [0.25, 0.3) is 0 Å². The smallest absolute Gasteiger partial charge is 0.455 e. The van der Waals surface area contributed by atoms with Gasteiger partial charge in [-0.05, 0) is 24.6 Å². The molecule has 5 N–H and O–H groups in total. The lowest BCUT2D eigenvalue weighted by atomic mass is 9.66. The Balaban J connectivity index is 4.34. The SMILES string of the molecule is CC(C)C[C@H](CC(=S)[C@@H](N)CC(=O)O)B(O)O. The largest absolute Gasteiger partial charge is 0.481 e. The first-order chi connectivity index (χ1) is 7.73. The number of aliphatic carboxylic acids is 1. The number of hydrogen-bond donors (Lipinski definition) is 4. The first-order valence-corrected chi connectivity index (χ1v) is 6.01. The first-order valence-electron chi connectivity index (χ1n) is 5.60. The minimum absolute atomic E-state index is 0.227. The molecule has 0 radical (unpaired) electrons. The lowest BCUT2D eigenvalue weighted by Gasteiger charge is -2.20. The average Bonchev–Trinajstić information content (AvgIpc) is 2.14. The molecule has 0 aliphatic rings. The van der Waals surface area contributed by atoms with Crippen molar-refractivity contribution in [3.63, 3.8) is 0 Å². The summed E-state index contributed by atoms with van der Waals surface area (Å²) in [6.45, 7) is 3.94. The van der Waals surface area contributed by atoms with Crippen molar-refractivity contribution in [2.75, 3.05) is 0 Å². The molecular weight excluding hydrogens is 241 g/mol. The first kappa shape index (κ1) is 16.5. The number of carbonyl (C=O) groups is 1. The minimum atomic E-state index is -1.45. The van der Waals surface area contributed by atoms with E-state index in [1.807, 2.05) is 13.8 Å². The molecule has 0 aliphatic heterocycles. The number of thiocarbonyl (C=S) groups is 1. The Morgan fingerprint density at radius 2 is 1.88 bits per heavy atom. The summed E-state index contributed by atoms with van der Waals surface area (Å²) in [7, 11) is -1.45. The van der Waals surface area contributed by atoms with Gasteiger partial charge in [0.05, 0.1) is 6.42 Å². The molecule has 0 aromatic rings. The number of rotatable bonds is 8. The fraction of sp³-hybridized carbons (Fsp3) is 0.800. The van der Waals surface area contributed by atoms with E-state index in [0.29, 0.717) is 17.2 Å². The molecule has 0 heterocycles. The number of carboxylic acid groups (broad SMARTS) is 1. The summed E-state index contributed by atoms with van der Waals surface area (Å²) in [5.74, 6) is -1.09. The third-order valence-electron chi connectivity index (χ3n) is 2.47. The van der Waals surface area contributed by atoms with E-state index in [1.165, 1.54) is 0 Å². The van der Waals surface area contributed by atoms with Crippen LogP contribution in [0.15, 0.2) is 0 Å². The van der Waals surface area contributed by atoms with Crippen molar-refractivity contribution in [1.82, 2.24) is 0 Å². The van der Waals surface area contributed by atoms with Crippen molar-refractivity contribution in [2.24, 2.45) is 11.7 Å². The summed E-state index contributed by atoms with van der Waals surface area (Å²) in [5, 5.41) is 27.0. The summed E-state index contributed by atoms with van der Waals surface area (Å²) in [5.41, 5.74) is 5.61. The van der Waals surface area contributed by atoms with Gasteiger partial charge < -0.3 is 20.9 Å². The quantitative estimate of drug-likeness (QED) is 0.373. The Hall–Kier alpha value is -0.495. The number of nitrogens with two attached hydrogens (primary N) is 1. The van der Waals surface area contributed by atoms with Gasteiger partial charge in [0, 0.05) is 10.9 Å². The van der Waals surface area contributed by atoms with Crippen LogP contribution in [0.4, 0.5) is 0 Å². The van der Waals surface area contributed by atoms with E-state index in [-0.39, 0.29) is 18.7 Å². The van der Waals surface area contributed by atoms with Crippen LogP contribution in [0.5, 0.6) is 0 Å². The Labute approximate surface area is 107 Å². The third-order valence-corrected chi connectivity index (χ3v) is 2.94. The molecule has 0 aliphatic carbocycles. The minimum Gasteiger partial charge on any atom is -0.481 e. The Morgan fingerprint density at radius 3 is 2.24 bits per heavy atom. The zero-order chi connectivity index (χ0) is 13.6. The molecule has 5 nitrogen and oxygen atoms in total.